The molecule has 0 aromatic heterocycles. The summed E-state index contributed by atoms with van der Waals surface area (Å²) in [5.74, 6) is -0.261. The standard InChI is InChI=1S/C16H23ClFN3O2.2ClH/c1-23-14(10-19)9-16(22)21-6-4-20(5-7-21)11-12-2-3-13(18)8-15(12)17;;/h2-3,8,14H,4-7,9-11,19H2,1H3;2*1H. The second-order valence-corrected chi connectivity index (χ2v) is 6.10. The molecule has 1 aromatic carbocycles. The first-order valence-electron chi connectivity index (χ1n) is 7.70. The molecule has 9 heteroatoms. The van der Waals surface area contributed by atoms with Gasteiger partial charge in [-0.3, -0.25) is 9.69 Å². The summed E-state index contributed by atoms with van der Waals surface area (Å²) < 4.78 is 18.2. The second kappa shape index (κ2) is 11.9. The Morgan fingerprint density at radius 3 is 2.48 bits per heavy atom. The quantitative estimate of drug-likeness (QED) is 0.773. The van der Waals surface area contributed by atoms with Gasteiger partial charge in [-0.05, 0) is 17.7 Å². The van der Waals surface area contributed by atoms with E-state index in [2.05, 4.69) is 4.90 Å². The van der Waals surface area contributed by atoms with Crippen LogP contribution in [0.5, 0.6) is 0 Å². The number of rotatable bonds is 6. The molecule has 0 saturated carbocycles. The third-order valence-corrected chi connectivity index (χ3v) is 4.48. The summed E-state index contributed by atoms with van der Waals surface area (Å²) in [4.78, 5) is 16.2. The Balaban J connectivity index is 0.00000288. The van der Waals surface area contributed by atoms with Gasteiger partial charge in [0.2, 0.25) is 5.91 Å². The molecule has 0 spiro atoms. The minimum Gasteiger partial charge on any atom is -0.380 e. The first-order chi connectivity index (χ1) is 11.0. The van der Waals surface area contributed by atoms with Crippen molar-refractivity contribution in [2.45, 2.75) is 19.1 Å². The van der Waals surface area contributed by atoms with Crippen molar-refractivity contribution in [3.05, 3.63) is 34.6 Å². The molecule has 1 saturated heterocycles. The Bertz CT molecular complexity index is 539. The fourth-order valence-electron chi connectivity index (χ4n) is 2.63. The fourth-order valence-corrected chi connectivity index (χ4v) is 2.86. The second-order valence-electron chi connectivity index (χ2n) is 5.69. The normalized spacial score (nSPS) is 15.9. The van der Waals surface area contributed by atoms with E-state index in [4.69, 9.17) is 22.1 Å². The maximum atomic E-state index is 13.1. The lowest BCUT2D eigenvalue weighted by Gasteiger charge is -2.35. The van der Waals surface area contributed by atoms with Crippen LogP contribution in [0.3, 0.4) is 0 Å². The van der Waals surface area contributed by atoms with Crippen LogP contribution in [0, 0.1) is 5.82 Å². The molecular weight excluding hydrogens is 392 g/mol. The topological polar surface area (TPSA) is 58.8 Å². The zero-order valence-electron chi connectivity index (χ0n) is 14.1. The van der Waals surface area contributed by atoms with Crippen LogP contribution in [0.4, 0.5) is 4.39 Å². The third-order valence-electron chi connectivity index (χ3n) is 4.13. The van der Waals surface area contributed by atoms with Gasteiger partial charge in [0.05, 0.1) is 12.5 Å². The molecular formula is C16H25Cl3FN3O2. The number of carbonyl (C=O) groups is 1. The van der Waals surface area contributed by atoms with Crippen LogP contribution in [0.25, 0.3) is 0 Å². The summed E-state index contributed by atoms with van der Waals surface area (Å²) in [5.41, 5.74) is 6.45. The Hall–Kier alpha value is -0.630. The molecule has 0 aliphatic carbocycles. The summed E-state index contributed by atoms with van der Waals surface area (Å²) in [6.45, 7) is 3.85. The van der Waals surface area contributed by atoms with Crippen LogP contribution in [0.15, 0.2) is 18.2 Å². The van der Waals surface area contributed by atoms with Crippen molar-refractivity contribution in [3.63, 3.8) is 0 Å². The van der Waals surface area contributed by atoms with E-state index in [-0.39, 0.29) is 42.6 Å². The highest BCUT2D eigenvalue weighted by atomic mass is 35.5. The van der Waals surface area contributed by atoms with Crippen LogP contribution in [0.1, 0.15) is 12.0 Å². The average Bonchev–Trinajstić information content (AvgIpc) is 2.55. The van der Waals surface area contributed by atoms with E-state index in [0.29, 0.717) is 37.6 Å². The van der Waals surface area contributed by atoms with Gasteiger partial charge in [0.1, 0.15) is 5.82 Å². The third kappa shape index (κ3) is 7.25. The Morgan fingerprint density at radius 1 is 1.32 bits per heavy atom. The Labute approximate surface area is 165 Å². The van der Waals surface area contributed by atoms with Gasteiger partial charge in [0.25, 0.3) is 0 Å². The minimum atomic E-state index is -0.332. The van der Waals surface area contributed by atoms with Gasteiger partial charge in [-0.1, -0.05) is 17.7 Å². The molecule has 0 radical (unpaired) electrons. The zero-order valence-corrected chi connectivity index (χ0v) is 16.5. The van der Waals surface area contributed by atoms with Gasteiger partial charge in [-0.15, -0.1) is 24.8 Å². The molecule has 25 heavy (non-hydrogen) atoms. The van der Waals surface area contributed by atoms with Crippen molar-refractivity contribution >= 4 is 42.3 Å². The smallest absolute Gasteiger partial charge is 0.225 e. The number of halogens is 4. The van der Waals surface area contributed by atoms with Crippen molar-refractivity contribution in [2.24, 2.45) is 5.73 Å². The van der Waals surface area contributed by atoms with Gasteiger partial charge in [-0.25, -0.2) is 4.39 Å². The van der Waals surface area contributed by atoms with Crippen molar-refractivity contribution in [2.75, 3.05) is 39.8 Å². The maximum Gasteiger partial charge on any atom is 0.225 e. The lowest BCUT2D eigenvalue weighted by atomic mass is 10.1. The monoisotopic (exact) mass is 415 g/mol. The number of methoxy groups -OCH3 is 1. The zero-order chi connectivity index (χ0) is 16.8. The average molecular weight is 417 g/mol. The fraction of sp³-hybridized carbons (Fsp3) is 0.562. The lowest BCUT2D eigenvalue weighted by Crippen LogP contribution is -2.49. The maximum absolute atomic E-state index is 13.1. The number of nitrogens with two attached hydrogens (primary N) is 1. The van der Waals surface area contributed by atoms with E-state index in [0.717, 1.165) is 18.7 Å². The predicted molar refractivity (Wildman–Crippen MR) is 102 cm³/mol. The van der Waals surface area contributed by atoms with Crippen molar-refractivity contribution in [1.29, 1.82) is 0 Å². The van der Waals surface area contributed by atoms with E-state index < -0.39 is 0 Å². The molecule has 2 rings (SSSR count). The summed E-state index contributed by atoms with van der Waals surface area (Å²) in [7, 11) is 1.56. The molecule has 1 unspecified atom stereocenters. The van der Waals surface area contributed by atoms with Crippen LogP contribution < -0.4 is 5.73 Å². The minimum absolute atomic E-state index is 0. The van der Waals surface area contributed by atoms with Crippen molar-refractivity contribution < 1.29 is 13.9 Å². The SMILES string of the molecule is COC(CN)CC(=O)N1CCN(Cc2ccc(F)cc2Cl)CC1.Cl.Cl. The molecule has 1 atom stereocenters. The number of hydrogen-bond acceptors (Lipinski definition) is 4. The summed E-state index contributed by atoms with van der Waals surface area (Å²) in [5, 5.41) is 0.439. The van der Waals surface area contributed by atoms with Crippen LogP contribution >= 0.6 is 36.4 Å². The van der Waals surface area contributed by atoms with E-state index in [1.807, 2.05) is 4.90 Å². The van der Waals surface area contributed by atoms with Crippen molar-refractivity contribution in [1.82, 2.24) is 9.80 Å². The highest BCUT2D eigenvalue weighted by molar-refractivity contribution is 6.31. The molecule has 1 aromatic rings. The number of carbonyl (C=O) groups excluding carboxylic acids is 1. The van der Waals surface area contributed by atoms with Crippen LogP contribution in [-0.2, 0) is 16.1 Å². The summed E-state index contributed by atoms with van der Waals surface area (Å²) >= 11 is 6.06. The largest absolute Gasteiger partial charge is 0.380 e. The van der Waals surface area contributed by atoms with Gasteiger partial charge in [0.15, 0.2) is 0 Å². The Kier molecular flexibility index (Phi) is 11.6. The number of nitrogens with zero attached hydrogens (tertiary/aromatic N) is 2. The van der Waals surface area contributed by atoms with Crippen LogP contribution in [0.2, 0.25) is 5.02 Å². The van der Waals surface area contributed by atoms with Gasteiger partial charge in [0, 0.05) is 51.4 Å². The molecule has 1 aliphatic heterocycles. The highest BCUT2D eigenvalue weighted by Crippen LogP contribution is 2.20. The van der Waals surface area contributed by atoms with Gasteiger partial charge < -0.3 is 15.4 Å². The first-order valence-corrected chi connectivity index (χ1v) is 8.08. The number of amides is 1. The van der Waals surface area contributed by atoms with E-state index in [9.17, 15) is 9.18 Å². The van der Waals surface area contributed by atoms with Gasteiger partial charge >= 0.3 is 0 Å². The predicted octanol–water partition coefficient (Wildman–Crippen LogP) is 2.33. The van der Waals surface area contributed by atoms with E-state index in [1.165, 1.54) is 12.1 Å². The molecule has 1 heterocycles. The highest BCUT2D eigenvalue weighted by Gasteiger charge is 2.23. The molecule has 1 fully saturated rings. The lowest BCUT2D eigenvalue weighted by molar-refractivity contribution is -0.135. The van der Waals surface area contributed by atoms with Crippen LogP contribution in [-0.4, -0.2) is 61.6 Å². The summed E-state index contributed by atoms with van der Waals surface area (Å²) in [6, 6.07) is 4.45. The number of benzene rings is 1. The van der Waals surface area contributed by atoms with E-state index in [1.54, 1.807) is 13.2 Å². The molecule has 1 amide bonds. The van der Waals surface area contributed by atoms with E-state index >= 15 is 0 Å². The molecule has 2 N–H and O–H groups in total. The molecule has 0 bridgehead atoms. The molecule has 5 nitrogen and oxygen atoms in total. The molecule has 1 aliphatic rings. The number of ether oxygens (including phenoxy) is 1. The first kappa shape index (κ1) is 24.4. The van der Waals surface area contributed by atoms with Gasteiger partial charge in [-0.2, -0.15) is 0 Å². The number of piperazine rings is 1. The summed E-state index contributed by atoms with van der Waals surface area (Å²) in [6.07, 6.45) is 0.0927. The molecule has 144 valence electrons. The van der Waals surface area contributed by atoms with Crippen molar-refractivity contribution in [3.8, 4) is 0 Å². The Morgan fingerprint density at radius 2 is 1.96 bits per heavy atom. The number of hydrogen-bond donors (Lipinski definition) is 1.